The number of benzene rings is 1. The number of anilines is 2. The molecule has 0 aliphatic rings. The number of nitrogens with zero attached hydrogens (tertiary/aromatic N) is 1. The fourth-order valence-corrected chi connectivity index (χ4v) is 3.56. The third-order valence-electron chi connectivity index (χ3n) is 3.06. The van der Waals surface area contributed by atoms with Gasteiger partial charge >= 0.3 is 5.97 Å². The Morgan fingerprint density at radius 3 is 2.91 bits per heavy atom. The van der Waals surface area contributed by atoms with Crippen molar-refractivity contribution in [2.24, 2.45) is 4.99 Å². The minimum absolute atomic E-state index is 0.0506. The van der Waals surface area contributed by atoms with Gasteiger partial charge in [0, 0.05) is 31.1 Å². The first kappa shape index (κ1) is 17.4. The number of carbonyl (C=O) groups is 1. The van der Waals surface area contributed by atoms with Crippen LogP contribution in [0.1, 0.15) is 20.8 Å². The molecule has 3 N–H and O–H groups in total. The standard InChI is InChI=1S/C15H15BrFN3O2S/c1-19-6-8-3-10(5-11(17)13(8)18)20-7-9-4-12(16)23-14(9)15(21)22-2/h3-6,20H,7,18H2,1-2H3. The van der Waals surface area contributed by atoms with Gasteiger partial charge in [0.15, 0.2) is 0 Å². The lowest BCUT2D eigenvalue weighted by molar-refractivity contribution is 0.0605. The highest BCUT2D eigenvalue weighted by molar-refractivity contribution is 9.11. The molecule has 0 saturated carbocycles. The van der Waals surface area contributed by atoms with Gasteiger partial charge in [0.05, 0.1) is 16.6 Å². The van der Waals surface area contributed by atoms with Crippen LogP contribution in [0.5, 0.6) is 0 Å². The highest BCUT2D eigenvalue weighted by Gasteiger charge is 2.16. The van der Waals surface area contributed by atoms with Crippen molar-refractivity contribution in [2.45, 2.75) is 6.54 Å². The van der Waals surface area contributed by atoms with Crippen LogP contribution in [0.25, 0.3) is 0 Å². The van der Waals surface area contributed by atoms with Crippen molar-refractivity contribution < 1.29 is 13.9 Å². The first-order valence-electron chi connectivity index (χ1n) is 6.57. The number of hydrogen-bond donors (Lipinski definition) is 2. The molecule has 1 heterocycles. The van der Waals surface area contributed by atoms with Crippen LogP contribution in [0.2, 0.25) is 0 Å². The summed E-state index contributed by atoms with van der Waals surface area (Å²) in [7, 11) is 2.92. The summed E-state index contributed by atoms with van der Waals surface area (Å²) in [5, 5.41) is 3.08. The Balaban J connectivity index is 2.23. The van der Waals surface area contributed by atoms with E-state index in [9.17, 15) is 9.18 Å². The number of hydrogen-bond acceptors (Lipinski definition) is 6. The molecular weight excluding hydrogens is 385 g/mol. The van der Waals surface area contributed by atoms with E-state index in [4.69, 9.17) is 10.5 Å². The third-order valence-corrected chi connectivity index (χ3v) is 4.72. The van der Waals surface area contributed by atoms with Crippen molar-refractivity contribution >= 4 is 50.8 Å². The van der Waals surface area contributed by atoms with Crippen LogP contribution in [0, 0.1) is 5.82 Å². The molecule has 0 spiro atoms. The Bertz CT molecular complexity index is 761. The Morgan fingerprint density at radius 1 is 1.52 bits per heavy atom. The number of halogens is 2. The Kier molecular flexibility index (Phi) is 5.73. The largest absolute Gasteiger partial charge is 0.465 e. The Morgan fingerprint density at radius 2 is 2.26 bits per heavy atom. The summed E-state index contributed by atoms with van der Waals surface area (Å²) in [6.45, 7) is 0.346. The normalized spacial score (nSPS) is 11.0. The van der Waals surface area contributed by atoms with E-state index in [1.165, 1.54) is 30.7 Å². The summed E-state index contributed by atoms with van der Waals surface area (Å²) in [4.78, 5) is 16.1. The van der Waals surface area contributed by atoms with Crippen LogP contribution in [-0.2, 0) is 11.3 Å². The average molecular weight is 400 g/mol. The van der Waals surface area contributed by atoms with Gasteiger partial charge in [0.2, 0.25) is 0 Å². The first-order chi connectivity index (χ1) is 11.0. The quantitative estimate of drug-likeness (QED) is 0.456. The van der Waals surface area contributed by atoms with Crippen molar-refractivity contribution in [1.29, 1.82) is 0 Å². The van der Waals surface area contributed by atoms with Gasteiger partial charge in [0.25, 0.3) is 0 Å². The monoisotopic (exact) mass is 399 g/mol. The number of aliphatic imine (C=N–C) groups is 1. The van der Waals surface area contributed by atoms with Crippen molar-refractivity contribution in [3.8, 4) is 0 Å². The maximum absolute atomic E-state index is 13.8. The molecule has 23 heavy (non-hydrogen) atoms. The van der Waals surface area contributed by atoms with E-state index < -0.39 is 11.8 Å². The first-order valence-corrected chi connectivity index (χ1v) is 8.18. The van der Waals surface area contributed by atoms with Gasteiger partial charge in [-0.1, -0.05) is 0 Å². The summed E-state index contributed by atoms with van der Waals surface area (Å²) in [5.74, 6) is -0.926. The maximum atomic E-state index is 13.8. The molecule has 0 fully saturated rings. The van der Waals surface area contributed by atoms with Crippen LogP contribution < -0.4 is 11.1 Å². The van der Waals surface area contributed by atoms with Crippen molar-refractivity contribution in [1.82, 2.24) is 0 Å². The zero-order chi connectivity index (χ0) is 17.0. The van der Waals surface area contributed by atoms with E-state index in [0.29, 0.717) is 22.7 Å². The molecule has 5 nitrogen and oxygen atoms in total. The second kappa shape index (κ2) is 7.56. The highest BCUT2D eigenvalue weighted by atomic mass is 79.9. The van der Waals surface area contributed by atoms with Gasteiger partial charge in [-0.3, -0.25) is 4.99 Å². The van der Waals surface area contributed by atoms with Gasteiger partial charge in [-0.25, -0.2) is 9.18 Å². The Hall–Kier alpha value is -1.93. The van der Waals surface area contributed by atoms with Crippen molar-refractivity contribution in [3.63, 3.8) is 0 Å². The molecule has 1 aromatic heterocycles. The predicted molar refractivity (Wildman–Crippen MR) is 95.0 cm³/mol. The number of esters is 1. The molecule has 0 unspecified atom stereocenters. The lowest BCUT2D eigenvalue weighted by Gasteiger charge is -2.10. The van der Waals surface area contributed by atoms with Crippen molar-refractivity contribution in [2.75, 3.05) is 25.2 Å². The third kappa shape index (κ3) is 4.08. The van der Waals surface area contributed by atoms with E-state index in [2.05, 4.69) is 26.2 Å². The topological polar surface area (TPSA) is 76.7 Å². The summed E-state index contributed by atoms with van der Waals surface area (Å²) >= 11 is 4.64. The summed E-state index contributed by atoms with van der Waals surface area (Å²) in [5.41, 5.74) is 7.52. The van der Waals surface area contributed by atoms with E-state index in [0.717, 1.165) is 9.35 Å². The van der Waals surface area contributed by atoms with Crippen LogP contribution in [0.4, 0.5) is 15.8 Å². The lowest BCUT2D eigenvalue weighted by Crippen LogP contribution is -2.07. The molecule has 0 atom stereocenters. The lowest BCUT2D eigenvalue weighted by atomic mass is 10.1. The maximum Gasteiger partial charge on any atom is 0.348 e. The number of nitrogens with two attached hydrogens (primary N) is 1. The minimum Gasteiger partial charge on any atom is -0.465 e. The molecule has 0 aliphatic heterocycles. The summed E-state index contributed by atoms with van der Waals surface area (Å²) in [6.07, 6.45) is 1.49. The predicted octanol–water partition coefficient (Wildman–Crippen LogP) is 3.68. The SMILES string of the molecule is CN=Cc1cc(NCc2cc(Br)sc2C(=O)OC)cc(F)c1N. The van der Waals surface area contributed by atoms with E-state index in [-0.39, 0.29) is 5.69 Å². The fraction of sp³-hybridized carbons (Fsp3) is 0.200. The van der Waals surface area contributed by atoms with Gasteiger partial charge in [0.1, 0.15) is 10.7 Å². The van der Waals surface area contributed by atoms with Crippen LogP contribution >= 0.6 is 27.3 Å². The molecule has 122 valence electrons. The number of methoxy groups -OCH3 is 1. The molecular formula is C15H15BrFN3O2S. The van der Waals surface area contributed by atoms with E-state index >= 15 is 0 Å². The van der Waals surface area contributed by atoms with Gasteiger partial charge in [-0.05, 0) is 39.7 Å². The van der Waals surface area contributed by atoms with E-state index in [1.54, 1.807) is 13.1 Å². The van der Waals surface area contributed by atoms with Crippen LogP contribution in [-0.4, -0.2) is 26.3 Å². The molecule has 2 rings (SSSR count). The smallest absolute Gasteiger partial charge is 0.348 e. The van der Waals surface area contributed by atoms with Gasteiger partial charge in [-0.2, -0.15) is 0 Å². The molecule has 0 saturated heterocycles. The minimum atomic E-state index is -0.524. The molecule has 8 heteroatoms. The molecule has 2 aromatic rings. The summed E-state index contributed by atoms with van der Waals surface area (Å²) < 4.78 is 19.4. The molecule has 0 radical (unpaired) electrons. The average Bonchev–Trinajstić information content (AvgIpc) is 2.90. The van der Waals surface area contributed by atoms with Gasteiger partial charge in [-0.15, -0.1) is 11.3 Å². The van der Waals surface area contributed by atoms with Crippen LogP contribution in [0.3, 0.4) is 0 Å². The van der Waals surface area contributed by atoms with Gasteiger partial charge < -0.3 is 15.8 Å². The highest BCUT2D eigenvalue weighted by Crippen LogP contribution is 2.29. The van der Waals surface area contributed by atoms with E-state index in [1.807, 2.05) is 6.07 Å². The van der Waals surface area contributed by atoms with Crippen LogP contribution in [0.15, 0.2) is 27.0 Å². The number of carbonyl (C=O) groups excluding carboxylic acids is 1. The number of nitrogens with one attached hydrogen (secondary N) is 1. The molecule has 0 aliphatic carbocycles. The number of ether oxygens (including phenoxy) is 1. The second-order valence-corrected chi connectivity index (χ2v) is 7.03. The zero-order valence-electron chi connectivity index (χ0n) is 12.5. The zero-order valence-corrected chi connectivity index (χ0v) is 14.9. The van der Waals surface area contributed by atoms with Crippen molar-refractivity contribution in [3.05, 3.63) is 43.8 Å². The molecule has 0 bridgehead atoms. The summed E-state index contributed by atoms with van der Waals surface area (Å²) in [6, 6.07) is 4.83. The molecule has 1 aromatic carbocycles. The molecule has 0 amide bonds. The fourth-order valence-electron chi connectivity index (χ4n) is 1.98. The second-order valence-electron chi connectivity index (χ2n) is 4.60. The Labute approximate surface area is 145 Å². The number of rotatable bonds is 5. The number of thiophene rings is 1. The number of nitrogen functional groups attached to an aromatic ring is 1.